The first kappa shape index (κ1) is 13.4. The van der Waals surface area contributed by atoms with E-state index in [2.05, 4.69) is 4.74 Å². The molecule has 1 saturated heterocycles. The van der Waals surface area contributed by atoms with Crippen molar-refractivity contribution >= 4 is 15.8 Å². The van der Waals surface area contributed by atoms with Crippen LogP contribution in [0.2, 0.25) is 0 Å². The van der Waals surface area contributed by atoms with Gasteiger partial charge < -0.3 is 14.6 Å². The van der Waals surface area contributed by atoms with E-state index in [9.17, 15) is 13.2 Å². The van der Waals surface area contributed by atoms with Crippen molar-refractivity contribution < 1.29 is 27.8 Å². The van der Waals surface area contributed by atoms with Crippen LogP contribution >= 0.6 is 0 Å². The fourth-order valence-corrected chi connectivity index (χ4v) is 2.99. The summed E-state index contributed by atoms with van der Waals surface area (Å²) in [5.74, 6) is -1.21. The molecule has 7 heteroatoms. The molecular formula is C9H16O6S. The van der Waals surface area contributed by atoms with Crippen LogP contribution in [0.3, 0.4) is 0 Å². The number of methoxy groups -OCH3 is 1. The molecular weight excluding hydrogens is 236 g/mol. The second-order valence-corrected chi connectivity index (χ2v) is 6.00. The quantitative estimate of drug-likeness (QED) is 0.696. The number of aliphatic carboxylic acids is 1. The Balaban J connectivity index is 2.41. The average Bonchev–Trinajstić information content (AvgIpc) is 2.62. The van der Waals surface area contributed by atoms with E-state index in [4.69, 9.17) is 9.84 Å². The van der Waals surface area contributed by atoms with Gasteiger partial charge >= 0.3 is 5.97 Å². The summed E-state index contributed by atoms with van der Waals surface area (Å²) in [5, 5.41) is 8.68. The van der Waals surface area contributed by atoms with Crippen LogP contribution in [-0.4, -0.2) is 56.9 Å². The predicted octanol–water partition coefficient (Wildman–Crippen LogP) is -0.320. The minimum absolute atomic E-state index is 0.0545. The summed E-state index contributed by atoms with van der Waals surface area (Å²) in [5.41, 5.74) is 0. The van der Waals surface area contributed by atoms with Gasteiger partial charge in [-0.3, -0.25) is 0 Å². The molecule has 1 aliphatic heterocycles. The minimum atomic E-state index is -3.22. The lowest BCUT2D eigenvalue weighted by molar-refractivity contribution is -0.148. The molecule has 1 rings (SSSR count). The Kier molecular flexibility index (Phi) is 4.69. The molecule has 1 aliphatic rings. The topological polar surface area (TPSA) is 89.9 Å². The van der Waals surface area contributed by atoms with Gasteiger partial charge in [-0.15, -0.1) is 0 Å². The Morgan fingerprint density at radius 1 is 1.50 bits per heavy atom. The number of hydrogen-bond donors (Lipinski definition) is 1. The number of ether oxygens (including phenoxy) is 2. The number of sulfone groups is 1. The van der Waals surface area contributed by atoms with Gasteiger partial charge in [0.15, 0.2) is 15.9 Å². The van der Waals surface area contributed by atoms with Gasteiger partial charge in [0.25, 0.3) is 0 Å². The number of carboxylic acid groups (broad SMARTS) is 1. The van der Waals surface area contributed by atoms with E-state index in [1.165, 1.54) is 7.11 Å². The summed E-state index contributed by atoms with van der Waals surface area (Å²) in [6.45, 7) is 0.150. The molecule has 2 atom stereocenters. The summed E-state index contributed by atoms with van der Waals surface area (Å²) in [6, 6.07) is 0. The van der Waals surface area contributed by atoms with Crippen molar-refractivity contribution in [2.75, 3.05) is 25.2 Å². The van der Waals surface area contributed by atoms with Crippen LogP contribution in [0.25, 0.3) is 0 Å². The Morgan fingerprint density at radius 2 is 2.19 bits per heavy atom. The first-order chi connectivity index (χ1) is 7.44. The minimum Gasteiger partial charge on any atom is -0.479 e. The summed E-state index contributed by atoms with van der Waals surface area (Å²) < 4.78 is 32.8. The van der Waals surface area contributed by atoms with Crippen LogP contribution in [-0.2, 0) is 24.1 Å². The van der Waals surface area contributed by atoms with E-state index >= 15 is 0 Å². The van der Waals surface area contributed by atoms with Gasteiger partial charge in [-0.05, 0) is 12.8 Å². The lowest BCUT2D eigenvalue weighted by Gasteiger charge is -2.11. The fourth-order valence-electron chi connectivity index (χ4n) is 1.59. The second kappa shape index (κ2) is 5.60. The van der Waals surface area contributed by atoms with Gasteiger partial charge in [0, 0.05) is 7.11 Å². The maximum Gasteiger partial charge on any atom is 0.332 e. The van der Waals surface area contributed by atoms with E-state index in [0.29, 0.717) is 12.8 Å². The zero-order valence-electron chi connectivity index (χ0n) is 9.09. The predicted molar refractivity (Wildman–Crippen MR) is 56.1 cm³/mol. The van der Waals surface area contributed by atoms with Gasteiger partial charge in [-0.2, -0.15) is 0 Å². The van der Waals surface area contributed by atoms with Crippen molar-refractivity contribution in [1.82, 2.24) is 0 Å². The highest BCUT2D eigenvalue weighted by atomic mass is 32.2. The average molecular weight is 252 g/mol. The van der Waals surface area contributed by atoms with E-state index in [0.717, 1.165) is 0 Å². The van der Waals surface area contributed by atoms with Crippen LogP contribution in [0.1, 0.15) is 12.8 Å². The molecule has 1 N–H and O–H groups in total. The van der Waals surface area contributed by atoms with E-state index in [-0.39, 0.29) is 18.1 Å². The molecule has 0 radical (unpaired) electrons. The zero-order valence-corrected chi connectivity index (χ0v) is 9.90. The first-order valence-corrected chi connectivity index (χ1v) is 6.84. The first-order valence-electron chi connectivity index (χ1n) is 5.02. The van der Waals surface area contributed by atoms with Crippen LogP contribution in [0, 0.1) is 0 Å². The lowest BCUT2D eigenvalue weighted by atomic mass is 10.2. The Morgan fingerprint density at radius 3 is 2.69 bits per heavy atom. The molecule has 0 bridgehead atoms. The van der Waals surface area contributed by atoms with E-state index in [1.807, 2.05) is 0 Å². The third-order valence-corrected chi connectivity index (χ3v) is 4.09. The third-order valence-electron chi connectivity index (χ3n) is 2.42. The molecule has 16 heavy (non-hydrogen) atoms. The number of carboxylic acids is 1. The van der Waals surface area contributed by atoms with Crippen molar-refractivity contribution in [2.24, 2.45) is 0 Å². The fraction of sp³-hybridized carbons (Fsp3) is 0.889. The molecule has 0 saturated carbocycles. The van der Waals surface area contributed by atoms with Crippen molar-refractivity contribution in [3.63, 3.8) is 0 Å². The molecule has 0 amide bonds. The molecule has 0 aliphatic carbocycles. The van der Waals surface area contributed by atoms with E-state index in [1.54, 1.807) is 0 Å². The summed E-state index contributed by atoms with van der Waals surface area (Å²) in [4.78, 5) is 10.6. The number of rotatable bonds is 6. The SMILES string of the molecule is COCCS(=O)(=O)CC1CCC(C(=O)O)O1. The van der Waals surface area contributed by atoms with Gasteiger partial charge in [0.1, 0.15) is 0 Å². The normalized spacial score (nSPS) is 25.8. The van der Waals surface area contributed by atoms with Crippen molar-refractivity contribution in [1.29, 1.82) is 0 Å². The highest BCUT2D eigenvalue weighted by Crippen LogP contribution is 2.21. The second-order valence-electron chi connectivity index (χ2n) is 3.77. The summed E-state index contributed by atoms with van der Waals surface area (Å²) in [7, 11) is -1.79. The molecule has 0 aromatic carbocycles. The molecule has 94 valence electrons. The number of hydrogen-bond acceptors (Lipinski definition) is 5. The van der Waals surface area contributed by atoms with Gasteiger partial charge in [0.2, 0.25) is 0 Å². The molecule has 1 heterocycles. The smallest absolute Gasteiger partial charge is 0.332 e. The van der Waals surface area contributed by atoms with Gasteiger partial charge in [-0.1, -0.05) is 0 Å². The Labute approximate surface area is 94.5 Å². The molecule has 2 unspecified atom stereocenters. The molecule has 0 aromatic rings. The number of carbonyl (C=O) groups is 1. The molecule has 6 nitrogen and oxygen atoms in total. The van der Waals surface area contributed by atoms with Gasteiger partial charge in [-0.25, -0.2) is 13.2 Å². The van der Waals surface area contributed by atoms with E-state index < -0.39 is 28.0 Å². The van der Waals surface area contributed by atoms with Crippen LogP contribution < -0.4 is 0 Å². The summed E-state index contributed by atoms with van der Waals surface area (Å²) in [6.07, 6.45) is -0.506. The van der Waals surface area contributed by atoms with Gasteiger partial charge in [0.05, 0.1) is 24.2 Å². The highest BCUT2D eigenvalue weighted by Gasteiger charge is 2.33. The Hall–Kier alpha value is -0.660. The molecule has 1 fully saturated rings. The van der Waals surface area contributed by atoms with Crippen molar-refractivity contribution in [2.45, 2.75) is 25.0 Å². The maximum atomic E-state index is 11.5. The van der Waals surface area contributed by atoms with Crippen LogP contribution in [0.5, 0.6) is 0 Å². The maximum absolute atomic E-state index is 11.5. The van der Waals surface area contributed by atoms with Crippen molar-refractivity contribution in [3.05, 3.63) is 0 Å². The third kappa shape index (κ3) is 4.07. The van der Waals surface area contributed by atoms with Crippen molar-refractivity contribution in [3.8, 4) is 0 Å². The van der Waals surface area contributed by atoms with Crippen LogP contribution in [0.15, 0.2) is 0 Å². The zero-order chi connectivity index (χ0) is 12.2. The molecule has 0 aromatic heterocycles. The molecule has 0 spiro atoms. The van der Waals surface area contributed by atoms with Crippen LogP contribution in [0.4, 0.5) is 0 Å². The monoisotopic (exact) mass is 252 g/mol. The Bertz CT molecular complexity index is 336. The highest BCUT2D eigenvalue weighted by molar-refractivity contribution is 7.91. The summed E-state index contributed by atoms with van der Waals surface area (Å²) >= 11 is 0. The standard InChI is InChI=1S/C9H16O6S/c1-14-4-5-16(12,13)6-7-2-3-8(15-7)9(10)11/h7-8H,2-6H2,1H3,(H,10,11). The largest absolute Gasteiger partial charge is 0.479 e. The lowest BCUT2D eigenvalue weighted by Crippen LogP contribution is -2.27.